The maximum absolute atomic E-state index is 15.4. The number of rotatable bonds is 7. The largest absolute Gasteiger partial charge is 0.369 e. The number of hydrogen-bond acceptors (Lipinski definition) is 5. The van der Waals surface area contributed by atoms with Crippen molar-refractivity contribution in [1.29, 1.82) is 0 Å². The molecule has 2 aromatic heterocycles. The number of primary amides is 1. The van der Waals surface area contributed by atoms with E-state index in [0.29, 0.717) is 14.8 Å². The summed E-state index contributed by atoms with van der Waals surface area (Å²) in [5, 5.41) is 0.140. The third kappa shape index (κ3) is 4.58. The van der Waals surface area contributed by atoms with E-state index in [1.54, 1.807) is 62.2 Å². The van der Waals surface area contributed by atoms with Crippen LogP contribution in [0.2, 0.25) is 0 Å². The van der Waals surface area contributed by atoms with Crippen molar-refractivity contribution in [3.8, 4) is 5.69 Å². The summed E-state index contributed by atoms with van der Waals surface area (Å²) in [6.07, 6.45) is 1.47. The number of aromatic nitrogens is 3. The van der Waals surface area contributed by atoms with Crippen molar-refractivity contribution in [1.82, 2.24) is 13.7 Å². The van der Waals surface area contributed by atoms with Crippen LogP contribution in [-0.4, -0.2) is 25.7 Å². The summed E-state index contributed by atoms with van der Waals surface area (Å²) in [6.45, 7) is 3.34. The van der Waals surface area contributed by atoms with Crippen molar-refractivity contribution in [2.75, 3.05) is 4.90 Å². The van der Waals surface area contributed by atoms with Gasteiger partial charge in [-0.05, 0) is 85.2 Å². The molecule has 0 aliphatic heterocycles. The predicted molar refractivity (Wildman–Crippen MR) is 157 cm³/mol. The van der Waals surface area contributed by atoms with Crippen LogP contribution < -0.4 is 27.4 Å². The molecule has 0 radical (unpaired) electrons. The minimum Gasteiger partial charge on any atom is -0.369 e. The smallest absolute Gasteiger partial charge is 0.336 e. The molecule has 2 aromatic carbocycles. The third-order valence-electron chi connectivity index (χ3n) is 7.04. The summed E-state index contributed by atoms with van der Waals surface area (Å²) >= 11 is 2.03. The second-order valence-corrected chi connectivity index (χ2v) is 11.0. The molecule has 1 aliphatic carbocycles. The Morgan fingerprint density at radius 1 is 1.13 bits per heavy atom. The van der Waals surface area contributed by atoms with Gasteiger partial charge in [0.1, 0.15) is 17.0 Å². The Balaban J connectivity index is 1.96. The average molecular weight is 643 g/mol. The van der Waals surface area contributed by atoms with Gasteiger partial charge in [0.25, 0.3) is 11.1 Å². The van der Waals surface area contributed by atoms with Crippen LogP contribution in [0.5, 0.6) is 0 Å². The lowest BCUT2D eigenvalue weighted by Crippen LogP contribution is -2.42. The predicted octanol–water partition coefficient (Wildman–Crippen LogP) is 3.25. The van der Waals surface area contributed by atoms with Crippen LogP contribution in [0.15, 0.2) is 56.8 Å². The normalized spacial score (nSPS) is 13.2. The van der Waals surface area contributed by atoms with Crippen LogP contribution in [0, 0.1) is 16.3 Å². The number of fused-ring (bicyclic) bond motifs is 1. The van der Waals surface area contributed by atoms with Gasteiger partial charge < -0.3 is 10.6 Å². The molecule has 202 valence electrons. The van der Waals surface area contributed by atoms with Crippen molar-refractivity contribution >= 4 is 50.9 Å². The van der Waals surface area contributed by atoms with E-state index in [0.717, 1.165) is 17.4 Å². The zero-order valence-corrected chi connectivity index (χ0v) is 23.9. The summed E-state index contributed by atoms with van der Waals surface area (Å²) in [5.74, 6) is -0.773. The van der Waals surface area contributed by atoms with E-state index < -0.39 is 28.5 Å². The van der Waals surface area contributed by atoms with Crippen LogP contribution in [0.3, 0.4) is 0 Å². The van der Waals surface area contributed by atoms with Gasteiger partial charge in [0.2, 0.25) is 5.91 Å². The fraction of sp³-hybridized carbons (Fsp3) is 0.286. The molecular formula is C28H27FIN5O4. The topological polar surface area (TPSA) is 112 Å². The standard InChI is InChI=1S/C28H27FIN5O4/c1-4-33-27(38)23-24(35(28(33)39)19-7-5-6-16(12-19)13-22(31)36)15(2)26(37)32(3)25(23)34(18-9-10-18)21-11-8-17(30)14-20(21)29/h5-8,11-12,14,18H,4,9-10,13H2,1-3H3,(H2,31,36). The first kappa shape index (κ1) is 26.9. The number of hydrogen-bond donors (Lipinski definition) is 1. The highest BCUT2D eigenvalue weighted by Crippen LogP contribution is 2.41. The summed E-state index contributed by atoms with van der Waals surface area (Å²) < 4.78 is 19.9. The summed E-state index contributed by atoms with van der Waals surface area (Å²) in [6, 6.07) is 11.4. The van der Waals surface area contributed by atoms with Gasteiger partial charge in [-0.3, -0.25) is 28.1 Å². The lowest BCUT2D eigenvalue weighted by atomic mass is 10.1. The highest BCUT2D eigenvalue weighted by atomic mass is 127. The summed E-state index contributed by atoms with van der Waals surface area (Å²) in [4.78, 5) is 54.7. The molecule has 9 nitrogen and oxygen atoms in total. The van der Waals surface area contributed by atoms with Crippen molar-refractivity contribution < 1.29 is 9.18 Å². The lowest BCUT2D eigenvalue weighted by molar-refractivity contribution is -0.117. The third-order valence-corrected chi connectivity index (χ3v) is 7.71. The van der Waals surface area contributed by atoms with Crippen LogP contribution in [0.25, 0.3) is 16.6 Å². The highest BCUT2D eigenvalue weighted by Gasteiger charge is 2.36. The number of carbonyl (C=O) groups is 1. The fourth-order valence-electron chi connectivity index (χ4n) is 5.13. The molecule has 1 aliphatic rings. The molecule has 11 heteroatoms. The van der Waals surface area contributed by atoms with Gasteiger partial charge in [0, 0.05) is 28.8 Å². The molecular weight excluding hydrogens is 616 g/mol. The number of benzene rings is 2. The second kappa shape index (κ2) is 10.1. The minimum atomic E-state index is -0.619. The Hall–Kier alpha value is -3.74. The second-order valence-electron chi connectivity index (χ2n) is 9.71. The van der Waals surface area contributed by atoms with E-state index >= 15 is 4.39 Å². The van der Waals surface area contributed by atoms with Gasteiger partial charge in [0.05, 0.1) is 23.3 Å². The molecule has 39 heavy (non-hydrogen) atoms. The number of aryl methyl sites for hydroxylation is 1. The number of nitrogens with two attached hydrogens (primary N) is 1. The molecule has 1 amide bonds. The number of amides is 1. The summed E-state index contributed by atoms with van der Waals surface area (Å²) in [7, 11) is 1.56. The van der Waals surface area contributed by atoms with Gasteiger partial charge in [0.15, 0.2) is 0 Å². The first-order chi connectivity index (χ1) is 18.5. The number of pyridine rings is 1. The molecule has 1 saturated carbocycles. The number of carbonyl (C=O) groups excluding carboxylic acids is 1. The first-order valence-electron chi connectivity index (χ1n) is 12.6. The Morgan fingerprint density at radius 2 is 1.85 bits per heavy atom. The number of anilines is 2. The molecule has 0 saturated heterocycles. The van der Waals surface area contributed by atoms with E-state index in [-0.39, 0.29) is 47.0 Å². The molecule has 5 rings (SSSR count). The monoisotopic (exact) mass is 643 g/mol. The van der Waals surface area contributed by atoms with Gasteiger partial charge in [-0.1, -0.05) is 12.1 Å². The zero-order valence-electron chi connectivity index (χ0n) is 21.7. The quantitative estimate of drug-likeness (QED) is 0.311. The maximum Gasteiger partial charge on any atom is 0.336 e. The van der Waals surface area contributed by atoms with Crippen molar-refractivity contribution in [3.63, 3.8) is 0 Å². The zero-order chi connectivity index (χ0) is 28.2. The van der Waals surface area contributed by atoms with Crippen LogP contribution >= 0.6 is 22.6 Å². The van der Waals surface area contributed by atoms with E-state index in [9.17, 15) is 19.2 Å². The molecule has 0 unspecified atom stereocenters. The Bertz CT molecular complexity index is 1840. The average Bonchev–Trinajstić information content (AvgIpc) is 3.71. The summed E-state index contributed by atoms with van der Waals surface area (Å²) in [5.41, 5.74) is 5.36. The van der Waals surface area contributed by atoms with Crippen molar-refractivity contribution in [3.05, 3.63) is 94.2 Å². The Morgan fingerprint density at radius 3 is 2.46 bits per heavy atom. The van der Waals surface area contributed by atoms with Crippen LogP contribution in [0.4, 0.5) is 15.9 Å². The van der Waals surface area contributed by atoms with Gasteiger partial charge in [-0.25, -0.2) is 9.18 Å². The number of halogens is 2. The lowest BCUT2D eigenvalue weighted by Gasteiger charge is -2.29. The fourth-order valence-corrected chi connectivity index (χ4v) is 5.58. The van der Waals surface area contributed by atoms with E-state index in [1.807, 2.05) is 22.6 Å². The molecule has 0 atom stereocenters. The van der Waals surface area contributed by atoms with Gasteiger partial charge >= 0.3 is 5.69 Å². The van der Waals surface area contributed by atoms with Crippen LogP contribution in [-0.2, 0) is 24.8 Å². The molecule has 1 fully saturated rings. The molecule has 4 aromatic rings. The highest BCUT2D eigenvalue weighted by molar-refractivity contribution is 14.1. The molecule has 2 heterocycles. The van der Waals surface area contributed by atoms with Gasteiger partial charge in [-0.2, -0.15) is 0 Å². The Kier molecular flexibility index (Phi) is 6.95. The van der Waals surface area contributed by atoms with Gasteiger partial charge in [-0.15, -0.1) is 0 Å². The molecule has 2 N–H and O–H groups in total. The molecule has 0 bridgehead atoms. The van der Waals surface area contributed by atoms with E-state index in [1.165, 1.54) is 15.2 Å². The maximum atomic E-state index is 15.4. The Labute approximate surface area is 236 Å². The van der Waals surface area contributed by atoms with Crippen molar-refractivity contribution in [2.45, 2.75) is 45.7 Å². The van der Waals surface area contributed by atoms with Crippen molar-refractivity contribution in [2.24, 2.45) is 12.8 Å². The molecule has 0 spiro atoms. The SMILES string of the molecule is CCn1c(=O)c2c(N(c3ccc(I)cc3F)C3CC3)n(C)c(=O)c(C)c2n(-c2cccc(CC(N)=O)c2)c1=O. The minimum absolute atomic E-state index is 0.0402. The van der Waals surface area contributed by atoms with E-state index in [4.69, 9.17) is 5.73 Å². The van der Waals surface area contributed by atoms with E-state index in [2.05, 4.69) is 0 Å². The van der Waals surface area contributed by atoms with Crippen LogP contribution in [0.1, 0.15) is 30.9 Å². The number of nitrogens with zero attached hydrogens (tertiary/aromatic N) is 4. The first-order valence-corrected chi connectivity index (χ1v) is 13.6.